The van der Waals surface area contributed by atoms with E-state index in [1.165, 1.54) is 19.1 Å². The quantitative estimate of drug-likeness (QED) is 0.0525. The van der Waals surface area contributed by atoms with Crippen LogP contribution < -0.4 is 10.6 Å². The first-order chi connectivity index (χ1) is 40.8. The number of rotatable bonds is 39. The van der Waals surface area contributed by atoms with E-state index in [2.05, 4.69) is 32.8 Å². The van der Waals surface area contributed by atoms with E-state index in [4.69, 9.17) is 38.4 Å². The summed E-state index contributed by atoms with van der Waals surface area (Å²) in [5.41, 5.74) is 2.96. The Hall–Kier alpha value is -6.83. The highest BCUT2D eigenvalue weighted by atomic mass is 16.6. The molecule has 2 heterocycles. The van der Waals surface area contributed by atoms with Crippen molar-refractivity contribution >= 4 is 35.5 Å². The number of carbonyl (C=O) groups excluding carboxylic acids is 5. The van der Waals surface area contributed by atoms with Crippen LogP contribution in [-0.4, -0.2) is 207 Å². The molecule has 85 heavy (non-hydrogen) atoms. The number of amides is 5. The van der Waals surface area contributed by atoms with Crippen LogP contribution in [0.3, 0.4) is 0 Å². The van der Waals surface area contributed by atoms with Gasteiger partial charge in [0.2, 0.25) is 29.5 Å². The van der Waals surface area contributed by atoms with Gasteiger partial charge in [0.25, 0.3) is 0 Å². The van der Waals surface area contributed by atoms with Gasteiger partial charge >= 0.3 is 5.97 Å². The van der Waals surface area contributed by atoms with Crippen LogP contribution in [0.1, 0.15) is 97.4 Å². The van der Waals surface area contributed by atoms with Gasteiger partial charge in [0.05, 0.1) is 121 Å². The smallest absolute Gasteiger partial charge is 0.326 e. The molecule has 0 radical (unpaired) electrons. The van der Waals surface area contributed by atoms with Crippen LogP contribution in [-0.2, 0) is 75.0 Å². The van der Waals surface area contributed by atoms with Gasteiger partial charge < -0.3 is 63.6 Å². The molecule has 9 atom stereocenters. The van der Waals surface area contributed by atoms with Crippen molar-refractivity contribution in [2.24, 2.45) is 23.7 Å². The summed E-state index contributed by atoms with van der Waals surface area (Å²) in [6, 6.07) is 14.0. The Balaban J connectivity index is 1.18. The topological polar surface area (TPSA) is 276 Å². The molecule has 1 aliphatic heterocycles. The van der Waals surface area contributed by atoms with E-state index in [0.29, 0.717) is 77.7 Å². The molecule has 23 nitrogen and oxygen atoms in total. The molecule has 3 aromatic rings. The van der Waals surface area contributed by atoms with Crippen molar-refractivity contribution in [3.8, 4) is 23.6 Å². The molecular weight excluding hydrogens is 1090 g/mol. The van der Waals surface area contributed by atoms with E-state index in [9.17, 15) is 33.9 Å². The molecule has 1 saturated heterocycles. The monoisotopic (exact) mass is 1190 g/mol. The van der Waals surface area contributed by atoms with Gasteiger partial charge in [-0.2, -0.15) is 5.26 Å². The number of likely N-dealkylation sites (N-methyl/N-ethyl adjacent to an activating group) is 2. The SMILES string of the molecule is CC[C@H](C)[C@@H]([C@@H](CC(=O)N1CCC[C@H]1[C@H](OC)[C@@H](C)C(=O)N[C@@H](Cc1ccccc1)C(=O)O)OC)N(C)C(=O)[C@@H](NC(=O)[C@H](C(C)C)N(C)C(=O)CCOCCOCCOCCOCCOCc1cn(-c2ccc(C#CC#N)cc2)nn1)C(C)C. The molecule has 0 unspecified atom stereocenters. The molecule has 0 spiro atoms. The predicted molar refractivity (Wildman–Crippen MR) is 315 cm³/mol. The number of nitrogens with one attached hydrogen (secondary N) is 2. The van der Waals surface area contributed by atoms with Crippen LogP contribution >= 0.6 is 0 Å². The summed E-state index contributed by atoms with van der Waals surface area (Å²) >= 11 is 0. The number of carboxylic acids is 1. The van der Waals surface area contributed by atoms with Gasteiger partial charge in [0, 0.05) is 52.8 Å². The largest absolute Gasteiger partial charge is 0.480 e. The highest BCUT2D eigenvalue weighted by Gasteiger charge is 2.44. The van der Waals surface area contributed by atoms with Crippen LogP contribution in [0.4, 0.5) is 0 Å². The Bertz CT molecular complexity index is 2640. The first-order valence-corrected chi connectivity index (χ1v) is 29.3. The third kappa shape index (κ3) is 22.5. The summed E-state index contributed by atoms with van der Waals surface area (Å²) in [7, 11) is 6.21. The number of hydrogen-bond acceptors (Lipinski definition) is 16. The van der Waals surface area contributed by atoms with E-state index in [1.807, 2.05) is 59.7 Å². The number of carbonyl (C=O) groups is 6. The fraction of sp³-hybridized carbons (Fsp3) is 0.629. The Morgan fingerprint density at radius 1 is 0.776 bits per heavy atom. The summed E-state index contributed by atoms with van der Waals surface area (Å²) in [5.74, 6) is 0.428. The minimum atomic E-state index is -1.17. The van der Waals surface area contributed by atoms with Gasteiger partial charge in [-0.3, -0.25) is 24.0 Å². The molecule has 4 rings (SSSR count). The molecule has 23 heteroatoms. The zero-order valence-corrected chi connectivity index (χ0v) is 51.5. The molecule has 1 aliphatic rings. The average Bonchev–Trinajstić information content (AvgIpc) is 4.39. The number of likely N-dealkylation sites (tertiary alicyclic amines) is 1. The van der Waals surface area contributed by atoms with Crippen LogP contribution in [0.2, 0.25) is 0 Å². The molecule has 3 N–H and O–H groups in total. The summed E-state index contributed by atoms with van der Waals surface area (Å²) in [6.07, 6.45) is 2.17. The third-order valence-corrected chi connectivity index (χ3v) is 15.2. The molecule has 2 aromatic carbocycles. The Morgan fingerprint density at radius 2 is 1.39 bits per heavy atom. The number of nitriles is 1. The number of carboxylic acid groups (broad SMARTS) is 1. The van der Waals surface area contributed by atoms with Crippen molar-refractivity contribution in [2.45, 2.75) is 136 Å². The predicted octanol–water partition coefficient (Wildman–Crippen LogP) is 4.47. The molecule has 5 amide bonds. The standard InChI is InChI=1S/C62H91N9O14/c1-12-44(6)57(52(79-10)39-54(73)70-28-17-21-51(70)58(80-11)45(7)59(74)64-50(62(77)78)38-47-18-14-13-15-19-47)69(9)61(76)55(42(2)3)65-60(75)56(43(4)5)68(8)53(72)26-29-81-30-31-82-32-33-83-34-35-84-36-37-85-41-48-40-71(67-66-48)49-24-22-46(23-25-49)20-16-27-63/h13-15,18-19,22-25,40,42-45,50-52,55-58H,12,17,21,26,28-39,41H2,1-11H3,(H,64,74)(H,65,75)(H,77,78)/t44-,45+,50-,51-,52+,55-,56-,57-,58+/m0/s1. The van der Waals surface area contributed by atoms with Gasteiger partial charge in [0.15, 0.2) is 6.07 Å². The molecule has 0 bridgehead atoms. The van der Waals surface area contributed by atoms with Crippen molar-refractivity contribution in [3.05, 3.63) is 77.6 Å². The lowest BCUT2D eigenvalue weighted by Gasteiger charge is -2.41. The Morgan fingerprint density at radius 3 is 1.94 bits per heavy atom. The van der Waals surface area contributed by atoms with Gasteiger partial charge in [0.1, 0.15) is 23.8 Å². The second-order valence-corrected chi connectivity index (χ2v) is 21.9. The Labute approximate surface area is 501 Å². The van der Waals surface area contributed by atoms with Crippen molar-refractivity contribution in [3.63, 3.8) is 0 Å². The van der Waals surface area contributed by atoms with Crippen LogP contribution in [0.25, 0.3) is 5.69 Å². The van der Waals surface area contributed by atoms with E-state index < -0.39 is 66.1 Å². The second kappa shape index (κ2) is 37.6. The first kappa shape index (κ1) is 70.7. The van der Waals surface area contributed by atoms with Crippen LogP contribution in [0.5, 0.6) is 0 Å². The van der Waals surface area contributed by atoms with Gasteiger partial charge in [-0.1, -0.05) is 96.4 Å². The zero-order chi connectivity index (χ0) is 62.4. The number of methoxy groups -OCH3 is 2. The molecule has 0 saturated carbocycles. The molecule has 1 fully saturated rings. The number of aromatic nitrogens is 3. The third-order valence-electron chi connectivity index (χ3n) is 15.2. The number of nitrogens with zero attached hydrogens (tertiary/aromatic N) is 7. The fourth-order valence-corrected chi connectivity index (χ4v) is 10.4. The highest BCUT2D eigenvalue weighted by Crippen LogP contribution is 2.30. The first-order valence-electron chi connectivity index (χ1n) is 29.3. The van der Waals surface area contributed by atoms with E-state index in [1.54, 1.807) is 84.2 Å². The van der Waals surface area contributed by atoms with Gasteiger partial charge in [-0.15, -0.1) is 5.10 Å². The van der Waals surface area contributed by atoms with Gasteiger partial charge in [-0.25, -0.2) is 9.48 Å². The summed E-state index contributed by atoms with van der Waals surface area (Å²) in [5, 5.41) is 32.5. The highest BCUT2D eigenvalue weighted by molar-refractivity contribution is 5.92. The summed E-state index contributed by atoms with van der Waals surface area (Å²) < 4.78 is 41.7. The zero-order valence-electron chi connectivity index (χ0n) is 51.5. The van der Waals surface area contributed by atoms with Crippen molar-refractivity contribution < 1.29 is 67.0 Å². The van der Waals surface area contributed by atoms with E-state index in [0.717, 1.165) is 16.8 Å². The van der Waals surface area contributed by atoms with E-state index in [-0.39, 0.29) is 74.6 Å². The molecule has 468 valence electrons. The minimum Gasteiger partial charge on any atom is -0.480 e. The lowest BCUT2D eigenvalue weighted by atomic mass is 9.89. The lowest BCUT2D eigenvalue weighted by Crippen LogP contribution is -2.60. The van der Waals surface area contributed by atoms with Crippen LogP contribution in [0, 0.1) is 46.8 Å². The number of benzene rings is 2. The summed E-state index contributed by atoms with van der Waals surface area (Å²) in [6.45, 7) is 16.5. The minimum absolute atomic E-state index is 0.0185. The maximum atomic E-state index is 14.7. The maximum absolute atomic E-state index is 14.7. The number of aliphatic carboxylic acids is 1. The van der Waals surface area contributed by atoms with Crippen LogP contribution in [0.15, 0.2) is 60.8 Å². The van der Waals surface area contributed by atoms with Gasteiger partial charge in [-0.05, 0) is 60.4 Å². The lowest BCUT2D eigenvalue weighted by molar-refractivity contribution is -0.149. The van der Waals surface area contributed by atoms with Crippen molar-refractivity contribution in [1.29, 1.82) is 5.26 Å². The maximum Gasteiger partial charge on any atom is 0.326 e. The fourth-order valence-electron chi connectivity index (χ4n) is 10.4. The number of hydrogen-bond donors (Lipinski definition) is 3. The molecule has 0 aliphatic carbocycles. The second-order valence-electron chi connectivity index (χ2n) is 21.9. The number of ether oxygens (including phenoxy) is 7. The van der Waals surface area contributed by atoms with Crippen molar-refractivity contribution in [2.75, 3.05) is 94.3 Å². The Kier molecular flexibility index (Phi) is 31.2. The van der Waals surface area contributed by atoms with Crippen molar-refractivity contribution in [1.82, 2.24) is 40.3 Å². The van der Waals surface area contributed by atoms with E-state index >= 15 is 0 Å². The summed E-state index contributed by atoms with van der Waals surface area (Å²) in [4.78, 5) is 87.3. The average molecular weight is 1190 g/mol. The normalized spacial score (nSPS) is 16.0. The molecule has 1 aromatic heterocycles. The molecular formula is C62H91N9O14.